The van der Waals surface area contributed by atoms with Crippen LogP contribution in [-0.2, 0) is 6.42 Å². The molecule has 3 rings (SSSR count). The molecule has 92 valence electrons. The van der Waals surface area contributed by atoms with E-state index in [1.165, 1.54) is 5.39 Å². The fourth-order valence-corrected chi connectivity index (χ4v) is 3.02. The number of rotatable bonds is 3. The Morgan fingerprint density at radius 3 is 3.06 bits per heavy atom. The van der Waals surface area contributed by atoms with Crippen LogP contribution in [0.15, 0.2) is 35.8 Å². The van der Waals surface area contributed by atoms with Crippen LogP contribution in [0.1, 0.15) is 11.9 Å². The number of para-hydroxylation sites is 1. The fourth-order valence-electron chi connectivity index (χ4n) is 2.09. The highest BCUT2D eigenvalue weighted by Crippen LogP contribution is 2.29. The predicted molar refractivity (Wildman–Crippen MR) is 76.8 cm³/mol. The highest BCUT2D eigenvalue weighted by molar-refractivity contribution is 7.10. The molecule has 0 radical (unpaired) electrons. The third-order valence-electron chi connectivity index (χ3n) is 2.91. The van der Waals surface area contributed by atoms with Gasteiger partial charge < -0.3 is 10.7 Å². The third kappa shape index (κ3) is 2.05. The second-order valence-electron chi connectivity index (χ2n) is 4.56. The van der Waals surface area contributed by atoms with Gasteiger partial charge in [0.05, 0.1) is 10.7 Å². The Labute approximate surface area is 110 Å². The standard InChI is InChI=1S/C14H15N3S/c1-9(15)6-14-17-13(8-18-14)11-7-16-12-5-3-2-4-10(11)12/h2-5,7-9,16H,6,15H2,1H3. The van der Waals surface area contributed by atoms with Crippen LogP contribution in [0.4, 0.5) is 0 Å². The Hall–Kier alpha value is -1.65. The largest absolute Gasteiger partial charge is 0.360 e. The van der Waals surface area contributed by atoms with E-state index >= 15 is 0 Å². The van der Waals surface area contributed by atoms with Crippen molar-refractivity contribution in [1.29, 1.82) is 0 Å². The van der Waals surface area contributed by atoms with E-state index in [1.807, 2.05) is 19.2 Å². The van der Waals surface area contributed by atoms with E-state index in [0.29, 0.717) is 0 Å². The van der Waals surface area contributed by atoms with Crippen molar-refractivity contribution in [3.63, 3.8) is 0 Å². The maximum atomic E-state index is 5.80. The van der Waals surface area contributed by atoms with Gasteiger partial charge in [-0.05, 0) is 13.0 Å². The summed E-state index contributed by atoms with van der Waals surface area (Å²) in [5.41, 5.74) is 9.15. The third-order valence-corrected chi connectivity index (χ3v) is 3.78. The molecule has 1 atom stereocenters. The summed E-state index contributed by atoms with van der Waals surface area (Å²) >= 11 is 1.68. The Morgan fingerprint density at radius 1 is 1.39 bits per heavy atom. The molecular weight excluding hydrogens is 242 g/mol. The van der Waals surface area contributed by atoms with Crippen molar-refractivity contribution in [2.75, 3.05) is 0 Å². The monoisotopic (exact) mass is 257 g/mol. The molecule has 0 fully saturated rings. The van der Waals surface area contributed by atoms with E-state index in [1.54, 1.807) is 11.3 Å². The Balaban J connectivity index is 2.01. The normalized spacial score (nSPS) is 13.0. The van der Waals surface area contributed by atoms with Crippen LogP contribution in [0.5, 0.6) is 0 Å². The number of aromatic nitrogens is 2. The molecule has 18 heavy (non-hydrogen) atoms. The maximum absolute atomic E-state index is 5.80. The number of aromatic amines is 1. The number of nitrogens with two attached hydrogens (primary N) is 1. The van der Waals surface area contributed by atoms with Gasteiger partial charge >= 0.3 is 0 Å². The maximum Gasteiger partial charge on any atom is 0.0947 e. The lowest BCUT2D eigenvalue weighted by atomic mass is 10.1. The predicted octanol–water partition coefficient (Wildman–Crippen LogP) is 3.18. The van der Waals surface area contributed by atoms with Crippen LogP contribution >= 0.6 is 11.3 Å². The van der Waals surface area contributed by atoms with Gasteiger partial charge in [-0.2, -0.15) is 0 Å². The number of thiazole rings is 1. The summed E-state index contributed by atoms with van der Waals surface area (Å²) in [5, 5.41) is 4.42. The number of nitrogens with one attached hydrogen (secondary N) is 1. The van der Waals surface area contributed by atoms with Gasteiger partial charge in [-0.1, -0.05) is 18.2 Å². The first-order valence-corrected chi connectivity index (χ1v) is 6.88. The van der Waals surface area contributed by atoms with Gasteiger partial charge in [0.15, 0.2) is 0 Å². The lowest BCUT2D eigenvalue weighted by molar-refractivity contribution is 0.734. The molecule has 0 aliphatic carbocycles. The van der Waals surface area contributed by atoms with Gasteiger partial charge in [0.2, 0.25) is 0 Å². The Bertz CT molecular complexity index is 666. The minimum absolute atomic E-state index is 0.159. The number of nitrogens with zero attached hydrogens (tertiary/aromatic N) is 1. The molecule has 0 bridgehead atoms. The van der Waals surface area contributed by atoms with Gasteiger partial charge in [0.25, 0.3) is 0 Å². The summed E-state index contributed by atoms with van der Waals surface area (Å²) in [6, 6.07) is 8.44. The molecule has 0 saturated carbocycles. The molecule has 0 aliphatic heterocycles. The van der Waals surface area contributed by atoms with Crippen molar-refractivity contribution < 1.29 is 0 Å². The van der Waals surface area contributed by atoms with Crippen molar-refractivity contribution in [1.82, 2.24) is 9.97 Å². The first-order valence-electron chi connectivity index (χ1n) is 6.00. The van der Waals surface area contributed by atoms with E-state index < -0.39 is 0 Å². The number of fused-ring (bicyclic) bond motifs is 1. The smallest absolute Gasteiger partial charge is 0.0947 e. The zero-order chi connectivity index (χ0) is 12.5. The second-order valence-corrected chi connectivity index (χ2v) is 5.50. The molecule has 3 nitrogen and oxygen atoms in total. The van der Waals surface area contributed by atoms with Crippen LogP contribution in [0.3, 0.4) is 0 Å². The average Bonchev–Trinajstić information content (AvgIpc) is 2.94. The Kier molecular flexibility index (Phi) is 2.89. The SMILES string of the molecule is CC(N)Cc1nc(-c2c[nH]c3ccccc23)cs1. The number of hydrogen-bond donors (Lipinski definition) is 2. The summed E-state index contributed by atoms with van der Waals surface area (Å²) in [4.78, 5) is 7.94. The molecule has 0 aliphatic rings. The molecule has 3 aromatic rings. The van der Waals surface area contributed by atoms with Gasteiger partial charge in [-0.3, -0.25) is 0 Å². The van der Waals surface area contributed by atoms with Crippen molar-refractivity contribution in [2.45, 2.75) is 19.4 Å². The van der Waals surface area contributed by atoms with Crippen LogP contribution in [0.2, 0.25) is 0 Å². The van der Waals surface area contributed by atoms with Crippen LogP contribution in [-0.4, -0.2) is 16.0 Å². The zero-order valence-corrected chi connectivity index (χ0v) is 11.0. The summed E-state index contributed by atoms with van der Waals surface area (Å²) in [6.07, 6.45) is 2.86. The van der Waals surface area contributed by atoms with Crippen molar-refractivity contribution in [2.24, 2.45) is 5.73 Å². The molecule has 4 heteroatoms. The minimum atomic E-state index is 0.159. The Morgan fingerprint density at radius 2 is 2.22 bits per heavy atom. The molecule has 1 aromatic carbocycles. The van der Waals surface area contributed by atoms with Crippen molar-refractivity contribution in [3.8, 4) is 11.3 Å². The van der Waals surface area contributed by atoms with Crippen molar-refractivity contribution in [3.05, 3.63) is 40.8 Å². The highest BCUT2D eigenvalue weighted by Gasteiger charge is 2.10. The lowest BCUT2D eigenvalue weighted by Crippen LogP contribution is -2.17. The molecule has 2 aromatic heterocycles. The summed E-state index contributed by atoms with van der Waals surface area (Å²) in [5.74, 6) is 0. The topological polar surface area (TPSA) is 54.7 Å². The highest BCUT2D eigenvalue weighted by atomic mass is 32.1. The number of hydrogen-bond acceptors (Lipinski definition) is 3. The number of benzene rings is 1. The van der Waals surface area contributed by atoms with Gasteiger partial charge in [0, 0.05) is 40.5 Å². The molecule has 0 amide bonds. The quantitative estimate of drug-likeness (QED) is 0.757. The molecule has 2 heterocycles. The molecule has 3 N–H and O–H groups in total. The second kappa shape index (κ2) is 4.55. The van der Waals surface area contributed by atoms with Crippen molar-refractivity contribution >= 4 is 22.2 Å². The average molecular weight is 257 g/mol. The van der Waals surface area contributed by atoms with Crippen LogP contribution < -0.4 is 5.73 Å². The zero-order valence-electron chi connectivity index (χ0n) is 10.2. The first-order chi connectivity index (χ1) is 8.74. The molecule has 0 saturated heterocycles. The van der Waals surface area contributed by atoms with Gasteiger partial charge in [-0.25, -0.2) is 4.98 Å². The summed E-state index contributed by atoms with van der Waals surface area (Å²) in [6.45, 7) is 2.01. The van der Waals surface area contributed by atoms with Crippen LogP contribution in [0, 0.1) is 0 Å². The summed E-state index contributed by atoms with van der Waals surface area (Å²) < 4.78 is 0. The molecule has 1 unspecified atom stereocenters. The number of H-pyrrole nitrogens is 1. The van der Waals surface area contributed by atoms with E-state index in [4.69, 9.17) is 5.73 Å². The summed E-state index contributed by atoms with van der Waals surface area (Å²) in [7, 11) is 0. The first kappa shape index (κ1) is 11.4. The van der Waals surface area contributed by atoms with Crippen LogP contribution in [0.25, 0.3) is 22.2 Å². The van der Waals surface area contributed by atoms with Gasteiger partial charge in [-0.15, -0.1) is 11.3 Å². The molecular formula is C14H15N3S. The van der Waals surface area contributed by atoms with E-state index in [-0.39, 0.29) is 6.04 Å². The van der Waals surface area contributed by atoms with Gasteiger partial charge in [0.1, 0.15) is 0 Å². The fraction of sp³-hybridized carbons (Fsp3) is 0.214. The van der Waals surface area contributed by atoms with E-state index in [9.17, 15) is 0 Å². The minimum Gasteiger partial charge on any atom is -0.360 e. The van der Waals surface area contributed by atoms with E-state index in [2.05, 4.69) is 33.5 Å². The molecule has 0 spiro atoms. The lowest BCUT2D eigenvalue weighted by Gasteiger charge is -1.99. The van der Waals surface area contributed by atoms with E-state index in [0.717, 1.165) is 28.2 Å².